The van der Waals surface area contributed by atoms with Crippen LogP contribution in [0, 0.1) is 3.57 Å². The zero-order chi connectivity index (χ0) is 13.0. The minimum atomic E-state index is 0.320. The van der Waals surface area contributed by atoms with Crippen LogP contribution in [-0.4, -0.2) is 55.4 Å². The highest BCUT2D eigenvalue weighted by atomic mass is 127. The number of hydrogen-bond acceptors (Lipinski definition) is 3. The number of benzene rings is 1. The van der Waals surface area contributed by atoms with Gasteiger partial charge in [0.25, 0.3) is 0 Å². The molecule has 1 aromatic rings. The van der Waals surface area contributed by atoms with Crippen molar-refractivity contribution in [3.63, 3.8) is 0 Å². The maximum Gasteiger partial charge on any atom is 0.151 e. The quantitative estimate of drug-likeness (QED) is 0.765. The number of halogens is 1. The summed E-state index contributed by atoms with van der Waals surface area (Å²) < 4.78 is 1.21. The van der Waals surface area contributed by atoms with E-state index >= 15 is 0 Å². The second-order valence-corrected chi connectivity index (χ2v) is 6.17. The van der Waals surface area contributed by atoms with E-state index < -0.39 is 0 Å². The third kappa shape index (κ3) is 4.33. The van der Waals surface area contributed by atoms with Gasteiger partial charge in [0.2, 0.25) is 0 Å². The van der Waals surface area contributed by atoms with Gasteiger partial charge in [-0.25, -0.2) is 0 Å². The van der Waals surface area contributed by atoms with Gasteiger partial charge in [0.1, 0.15) is 0 Å². The summed E-state index contributed by atoms with van der Waals surface area (Å²) >= 11 is 2.28. The average molecular weight is 358 g/mol. The van der Waals surface area contributed by atoms with Gasteiger partial charge < -0.3 is 4.90 Å². The van der Waals surface area contributed by atoms with E-state index in [1.54, 1.807) is 0 Å². The lowest BCUT2D eigenvalue weighted by Gasteiger charge is -2.31. The Kier molecular flexibility index (Phi) is 5.14. The maximum atomic E-state index is 12.0. The lowest BCUT2D eigenvalue weighted by atomic mass is 10.1. The van der Waals surface area contributed by atoms with Gasteiger partial charge in [-0.15, -0.1) is 0 Å². The number of likely N-dealkylation sites (N-methyl/N-ethyl adjacent to an activating group) is 1. The highest BCUT2D eigenvalue weighted by Gasteiger charge is 2.16. The monoisotopic (exact) mass is 358 g/mol. The average Bonchev–Trinajstić information content (AvgIpc) is 2.35. The number of hydrogen-bond donors (Lipinski definition) is 0. The van der Waals surface area contributed by atoms with Crippen LogP contribution in [0.5, 0.6) is 0 Å². The number of ketones is 1. The highest BCUT2D eigenvalue weighted by molar-refractivity contribution is 14.1. The molecule has 1 fully saturated rings. The van der Waals surface area contributed by atoms with Crippen molar-refractivity contribution in [2.75, 3.05) is 39.8 Å². The minimum absolute atomic E-state index is 0.320. The molecule has 0 atom stereocenters. The van der Waals surface area contributed by atoms with Crippen LogP contribution in [0.4, 0.5) is 0 Å². The zero-order valence-corrected chi connectivity index (χ0v) is 12.9. The van der Waals surface area contributed by atoms with Crippen molar-refractivity contribution in [2.45, 2.75) is 6.42 Å². The first-order valence-corrected chi connectivity index (χ1v) is 7.38. The number of rotatable bonds is 4. The van der Waals surface area contributed by atoms with E-state index in [1.807, 2.05) is 12.1 Å². The Balaban J connectivity index is 1.80. The summed E-state index contributed by atoms with van der Waals surface area (Å²) in [5.74, 6) is 0.320. The molecule has 18 heavy (non-hydrogen) atoms. The molecule has 0 unspecified atom stereocenters. The van der Waals surface area contributed by atoms with E-state index in [9.17, 15) is 4.79 Å². The van der Waals surface area contributed by atoms with Crippen LogP contribution in [0.25, 0.3) is 0 Å². The molecular formula is C14H19IN2O. The number of piperazine rings is 1. The molecule has 0 saturated carbocycles. The van der Waals surface area contributed by atoms with E-state index in [-0.39, 0.29) is 0 Å². The minimum Gasteiger partial charge on any atom is -0.304 e. The summed E-state index contributed by atoms with van der Waals surface area (Å²) in [6.07, 6.45) is 0.559. The molecule has 1 aliphatic heterocycles. The second kappa shape index (κ2) is 6.63. The topological polar surface area (TPSA) is 23.6 Å². The van der Waals surface area contributed by atoms with E-state index in [0.717, 1.165) is 31.7 Å². The molecule has 0 aliphatic carbocycles. The third-order valence-electron chi connectivity index (χ3n) is 3.31. The van der Waals surface area contributed by atoms with Crippen molar-refractivity contribution < 1.29 is 4.79 Å². The largest absolute Gasteiger partial charge is 0.304 e. The van der Waals surface area contributed by atoms with Gasteiger partial charge >= 0.3 is 0 Å². The molecule has 1 saturated heterocycles. The van der Waals surface area contributed by atoms with Gasteiger partial charge in [-0.1, -0.05) is 12.1 Å². The number of carbonyl (C=O) groups is 1. The van der Waals surface area contributed by atoms with Crippen LogP contribution < -0.4 is 0 Å². The van der Waals surface area contributed by atoms with Crippen molar-refractivity contribution >= 4 is 28.4 Å². The van der Waals surface area contributed by atoms with E-state index in [0.29, 0.717) is 18.7 Å². The lowest BCUT2D eigenvalue weighted by molar-refractivity contribution is -0.119. The van der Waals surface area contributed by atoms with Crippen LogP contribution in [0.3, 0.4) is 0 Å². The first-order valence-electron chi connectivity index (χ1n) is 6.30. The third-order valence-corrected chi connectivity index (χ3v) is 4.03. The Hall–Kier alpha value is -0.460. The normalized spacial score (nSPS) is 17.9. The highest BCUT2D eigenvalue weighted by Crippen LogP contribution is 2.08. The van der Waals surface area contributed by atoms with Crippen LogP contribution in [0.2, 0.25) is 0 Å². The fraction of sp³-hybridized carbons (Fsp3) is 0.500. The van der Waals surface area contributed by atoms with E-state index in [2.05, 4.69) is 51.6 Å². The van der Waals surface area contributed by atoms with Crippen molar-refractivity contribution in [2.24, 2.45) is 0 Å². The smallest absolute Gasteiger partial charge is 0.151 e. The standard InChI is InChI=1S/C14H19IN2O/c1-16-6-8-17(9-7-16)11-14(18)10-12-2-4-13(15)5-3-12/h2-5H,6-11H2,1H3. The van der Waals surface area contributed by atoms with Crippen LogP contribution in [0.1, 0.15) is 5.56 Å². The van der Waals surface area contributed by atoms with Gasteiger partial charge in [-0.2, -0.15) is 0 Å². The summed E-state index contributed by atoms with van der Waals surface area (Å²) in [6, 6.07) is 8.20. The SMILES string of the molecule is CN1CCN(CC(=O)Cc2ccc(I)cc2)CC1. The second-order valence-electron chi connectivity index (χ2n) is 4.92. The van der Waals surface area contributed by atoms with Crippen LogP contribution >= 0.6 is 22.6 Å². The summed E-state index contributed by atoms with van der Waals surface area (Å²) in [5, 5.41) is 0. The molecule has 0 radical (unpaired) electrons. The Morgan fingerprint density at radius 3 is 2.39 bits per heavy atom. The summed E-state index contributed by atoms with van der Waals surface area (Å²) in [4.78, 5) is 16.6. The lowest BCUT2D eigenvalue weighted by Crippen LogP contribution is -2.46. The number of Topliss-reactive ketones (excluding diaryl/α,β-unsaturated/α-hetero) is 1. The molecule has 0 N–H and O–H groups in total. The Morgan fingerprint density at radius 2 is 1.78 bits per heavy atom. The molecule has 0 amide bonds. The molecule has 0 aromatic heterocycles. The predicted molar refractivity (Wildman–Crippen MR) is 81.8 cm³/mol. The molecule has 1 aliphatic rings. The summed E-state index contributed by atoms with van der Waals surface area (Å²) in [6.45, 7) is 4.75. The number of nitrogens with zero attached hydrogens (tertiary/aromatic N) is 2. The Morgan fingerprint density at radius 1 is 1.17 bits per heavy atom. The van der Waals surface area contributed by atoms with Gasteiger partial charge in [-0.05, 0) is 47.3 Å². The summed E-state index contributed by atoms with van der Waals surface area (Å²) in [7, 11) is 2.13. The molecule has 4 heteroatoms. The van der Waals surface area contributed by atoms with Gasteiger partial charge in [0, 0.05) is 36.2 Å². The molecule has 0 spiro atoms. The fourth-order valence-electron chi connectivity index (χ4n) is 2.14. The zero-order valence-electron chi connectivity index (χ0n) is 10.7. The van der Waals surface area contributed by atoms with Crippen molar-refractivity contribution in [3.05, 3.63) is 33.4 Å². The maximum absolute atomic E-state index is 12.0. The molecule has 3 nitrogen and oxygen atoms in total. The van der Waals surface area contributed by atoms with E-state index in [1.165, 1.54) is 3.57 Å². The molecule has 1 heterocycles. The molecular weight excluding hydrogens is 339 g/mol. The van der Waals surface area contributed by atoms with Crippen LogP contribution in [-0.2, 0) is 11.2 Å². The molecule has 98 valence electrons. The van der Waals surface area contributed by atoms with Crippen LogP contribution in [0.15, 0.2) is 24.3 Å². The molecule has 0 bridgehead atoms. The van der Waals surface area contributed by atoms with Crippen molar-refractivity contribution in [3.8, 4) is 0 Å². The number of carbonyl (C=O) groups excluding carboxylic acids is 1. The van der Waals surface area contributed by atoms with Crippen molar-refractivity contribution in [1.29, 1.82) is 0 Å². The summed E-state index contributed by atoms with van der Waals surface area (Å²) in [5.41, 5.74) is 1.12. The first kappa shape index (κ1) is 14.0. The van der Waals surface area contributed by atoms with Gasteiger partial charge in [0.15, 0.2) is 5.78 Å². The molecule has 1 aromatic carbocycles. The fourth-order valence-corrected chi connectivity index (χ4v) is 2.50. The molecule has 2 rings (SSSR count). The van der Waals surface area contributed by atoms with E-state index in [4.69, 9.17) is 0 Å². The van der Waals surface area contributed by atoms with Crippen molar-refractivity contribution in [1.82, 2.24) is 9.80 Å². The predicted octanol–water partition coefficient (Wildman–Crippen LogP) is 1.65. The van der Waals surface area contributed by atoms with Gasteiger partial charge in [0.05, 0.1) is 6.54 Å². The van der Waals surface area contributed by atoms with Gasteiger partial charge in [-0.3, -0.25) is 9.69 Å². The first-order chi connectivity index (χ1) is 8.63. The Bertz CT molecular complexity index is 397. The Labute approximate surface area is 122 Å².